The molecular weight excluding hydrogens is 304 g/mol. The number of carbonyl (C=O) groups excluding carboxylic acids is 1. The smallest absolute Gasteiger partial charge is 0.225 e. The zero-order valence-corrected chi connectivity index (χ0v) is 14.6. The first-order valence-electron chi connectivity index (χ1n) is 9.12. The summed E-state index contributed by atoms with van der Waals surface area (Å²) in [4.78, 5) is 13.6. The first kappa shape index (κ1) is 16.5. The van der Waals surface area contributed by atoms with E-state index in [1.165, 1.54) is 55.4 Å². The minimum atomic E-state index is 0.0866. The van der Waals surface area contributed by atoms with Gasteiger partial charge in [0.2, 0.25) is 5.91 Å². The molecule has 4 heteroatoms. The molecule has 0 atom stereocenters. The maximum absolute atomic E-state index is 12.3. The number of amides is 1. The second-order valence-corrected chi connectivity index (χ2v) is 8.08. The minimum absolute atomic E-state index is 0.0866. The molecule has 0 bridgehead atoms. The summed E-state index contributed by atoms with van der Waals surface area (Å²) in [6.07, 6.45) is 13.8. The van der Waals surface area contributed by atoms with Crippen molar-refractivity contribution in [2.75, 3.05) is 5.32 Å². The second kappa shape index (κ2) is 7.97. The van der Waals surface area contributed by atoms with Crippen molar-refractivity contribution >= 4 is 22.2 Å². The van der Waals surface area contributed by atoms with Crippen LogP contribution in [0.2, 0.25) is 0 Å². The average molecular weight is 330 g/mol. The van der Waals surface area contributed by atoms with Gasteiger partial charge in [-0.2, -0.15) is 5.26 Å². The van der Waals surface area contributed by atoms with Gasteiger partial charge < -0.3 is 5.32 Å². The van der Waals surface area contributed by atoms with E-state index in [-0.39, 0.29) is 5.91 Å². The predicted molar refractivity (Wildman–Crippen MR) is 94.7 cm³/mol. The van der Waals surface area contributed by atoms with Gasteiger partial charge in [0.15, 0.2) is 0 Å². The lowest BCUT2D eigenvalue weighted by Gasteiger charge is -2.20. The van der Waals surface area contributed by atoms with Gasteiger partial charge >= 0.3 is 0 Å². The fourth-order valence-electron chi connectivity index (χ4n) is 3.95. The van der Waals surface area contributed by atoms with Crippen molar-refractivity contribution < 1.29 is 4.79 Å². The molecule has 3 nitrogen and oxygen atoms in total. The van der Waals surface area contributed by atoms with E-state index in [1.807, 2.05) is 0 Å². The number of rotatable bonds is 4. The Balaban J connectivity index is 1.60. The van der Waals surface area contributed by atoms with Crippen LogP contribution in [0.15, 0.2) is 0 Å². The number of nitrogens with zero attached hydrogens (tertiary/aromatic N) is 1. The van der Waals surface area contributed by atoms with Gasteiger partial charge in [0, 0.05) is 11.3 Å². The van der Waals surface area contributed by atoms with Crippen molar-refractivity contribution in [3.05, 3.63) is 16.0 Å². The van der Waals surface area contributed by atoms with Crippen LogP contribution >= 0.6 is 11.3 Å². The quantitative estimate of drug-likeness (QED) is 0.773. The zero-order valence-electron chi connectivity index (χ0n) is 13.8. The summed E-state index contributed by atoms with van der Waals surface area (Å²) in [7, 11) is 0. The second-order valence-electron chi connectivity index (χ2n) is 6.97. The van der Waals surface area contributed by atoms with Crippen LogP contribution in [0, 0.1) is 17.2 Å². The molecular formula is C19H26N2OS. The molecule has 1 N–H and O–H groups in total. The summed E-state index contributed by atoms with van der Waals surface area (Å²) in [6, 6.07) is 2.34. The molecule has 0 aromatic carbocycles. The maximum Gasteiger partial charge on any atom is 0.225 e. The monoisotopic (exact) mass is 330 g/mol. The van der Waals surface area contributed by atoms with Crippen LogP contribution in [0.5, 0.6) is 0 Å². The average Bonchev–Trinajstić information content (AvgIpc) is 2.74. The Kier molecular flexibility index (Phi) is 5.72. The molecule has 0 unspecified atom stereocenters. The first-order chi connectivity index (χ1) is 11.3. The lowest BCUT2D eigenvalue weighted by atomic mass is 9.86. The Hall–Kier alpha value is -1.34. The van der Waals surface area contributed by atoms with Gasteiger partial charge in [-0.25, -0.2) is 0 Å². The van der Waals surface area contributed by atoms with Crippen LogP contribution in [0.3, 0.4) is 0 Å². The third-order valence-electron chi connectivity index (χ3n) is 5.29. The van der Waals surface area contributed by atoms with Gasteiger partial charge in [-0.15, -0.1) is 11.3 Å². The van der Waals surface area contributed by atoms with Gasteiger partial charge in [0.25, 0.3) is 0 Å². The van der Waals surface area contributed by atoms with Gasteiger partial charge in [-0.1, -0.05) is 38.5 Å². The van der Waals surface area contributed by atoms with Crippen LogP contribution in [-0.4, -0.2) is 5.91 Å². The highest BCUT2D eigenvalue weighted by atomic mass is 32.1. The molecule has 124 valence electrons. The van der Waals surface area contributed by atoms with E-state index in [0.29, 0.717) is 6.42 Å². The molecule has 1 heterocycles. The van der Waals surface area contributed by atoms with E-state index < -0.39 is 0 Å². The van der Waals surface area contributed by atoms with Crippen LogP contribution in [0.25, 0.3) is 0 Å². The van der Waals surface area contributed by atoms with E-state index in [4.69, 9.17) is 0 Å². The van der Waals surface area contributed by atoms with E-state index in [2.05, 4.69) is 11.4 Å². The molecule has 0 spiro atoms. The highest BCUT2D eigenvalue weighted by Gasteiger charge is 2.21. The van der Waals surface area contributed by atoms with Gasteiger partial charge in [-0.3, -0.25) is 4.79 Å². The number of nitrogens with one attached hydrogen (secondary N) is 1. The minimum Gasteiger partial charge on any atom is -0.317 e. The van der Waals surface area contributed by atoms with Crippen LogP contribution in [0.1, 0.15) is 80.2 Å². The standard InChI is InChI=1S/C19H26N2OS/c20-13-16-15-9-5-2-6-10-17(15)23-19(16)21-18(22)12-11-14-7-3-1-4-8-14/h14H,1-12H2,(H,21,22). The largest absolute Gasteiger partial charge is 0.317 e. The van der Waals surface area contributed by atoms with Gasteiger partial charge in [0.1, 0.15) is 11.1 Å². The fourth-order valence-corrected chi connectivity index (χ4v) is 5.21. The third-order valence-corrected chi connectivity index (χ3v) is 6.50. The Labute approximate surface area is 143 Å². The van der Waals surface area contributed by atoms with Crippen LogP contribution in [0.4, 0.5) is 5.00 Å². The number of anilines is 1. The summed E-state index contributed by atoms with van der Waals surface area (Å²) in [5.41, 5.74) is 1.94. The third kappa shape index (κ3) is 4.14. The molecule has 0 radical (unpaired) electrons. The predicted octanol–water partition coefficient (Wildman–Crippen LogP) is 5.19. The number of nitriles is 1. The van der Waals surface area contributed by atoms with Gasteiger partial charge in [0.05, 0.1) is 5.56 Å². The number of hydrogen-bond acceptors (Lipinski definition) is 3. The lowest BCUT2D eigenvalue weighted by molar-refractivity contribution is -0.116. The molecule has 2 aliphatic rings. The van der Waals surface area contributed by atoms with Gasteiger partial charge in [-0.05, 0) is 43.6 Å². The molecule has 23 heavy (non-hydrogen) atoms. The number of carbonyl (C=O) groups is 1. The summed E-state index contributed by atoms with van der Waals surface area (Å²) in [6.45, 7) is 0. The number of aryl methyl sites for hydroxylation is 1. The molecule has 1 amide bonds. The number of fused-ring (bicyclic) bond motifs is 1. The summed E-state index contributed by atoms with van der Waals surface area (Å²) in [5.74, 6) is 0.813. The van der Waals surface area contributed by atoms with Crippen LogP contribution < -0.4 is 5.32 Å². The van der Waals surface area contributed by atoms with E-state index in [0.717, 1.165) is 42.2 Å². The van der Waals surface area contributed by atoms with Crippen molar-refractivity contribution in [1.29, 1.82) is 5.26 Å². The SMILES string of the molecule is N#Cc1c(NC(=O)CCC2CCCCC2)sc2c1CCCCC2. The topological polar surface area (TPSA) is 52.9 Å². The molecule has 0 aliphatic heterocycles. The highest BCUT2D eigenvalue weighted by Crippen LogP contribution is 2.37. The van der Waals surface area contributed by atoms with Crippen molar-refractivity contribution in [3.63, 3.8) is 0 Å². The van der Waals surface area contributed by atoms with E-state index in [1.54, 1.807) is 11.3 Å². The Morgan fingerprint density at radius 1 is 1.13 bits per heavy atom. The molecule has 3 rings (SSSR count). The summed E-state index contributed by atoms with van der Waals surface area (Å²) in [5, 5.41) is 13.3. The molecule has 1 aromatic rings. The molecule has 0 saturated heterocycles. The Morgan fingerprint density at radius 3 is 2.65 bits per heavy atom. The first-order valence-corrected chi connectivity index (χ1v) is 9.94. The number of hydrogen-bond donors (Lipinski definition) is 1. The van der Waals surface area contributed by atoms with Crippen molar-refractivity contribution in [2.24, 2.45) is 5.92 Å². The zero-order chi connectivity index (χ0) is 16.1. The van der Waals surface area contributed by atoms with Crippen molar-refractivity contribution in [1.82, 2.24) is 0 Å². The number of thiophene rings is 1. The highest BCUT2D eigenvalue weighted by molar-refractivity contribution is 7.16. The van der Waals surface area contributed by atoms with E-state index in [9.17, 15) is 10.1 Å². The molecule has 1 saturated carbocycles. The Bertz CT molecular complexity index is 593. The van der Waals surface area contributed by atoms with Crippen molar-refractivity contribution in [3.8, 4) is 6.07 Å². The Morgan fingerprint density at radius 2 is 1.87 bits per heavy atom. The van der Waals surface area contributed by atoms with Crippen LogP contribution in [-0.2, 0) is 17.6 Å². The normalized spacial score (nSPS) is 18.7. The fraction of sp³-hybridized carbons (Fsp3) is 0.684. The lowest BCUT2D eigenvalue weighted by Crippen LogP contribution is -2.14. The summed E-state index contributed by atoms with van der Waals surface area (Å²) >= 11 is 1.64. The van der Waals surface area contributed by atoms with Crippen molar-refractivity contribution in [2.45, 2.75) is 77.0 Å². The molecule has 1 fully saturated rings. The van der Waals surface area contributed by atoms with E-state index >= 15 is 0 Å². The maximum atomic E-state index is 12.3. The molecule has 2 aliphatic carbocycles. The molecule has 1 aromatic heterocycles. The summed E-state index contributed by atoms with van der Waals surface area (Å²) < 4.78 is 0.